The number of ether oxygens (including phenoxy) is 1. The molecule has 2 heterocycles. The maximum absolute atomic E-state index is 11.7. The van der Waals surface area contributed by atoms with Crippen LogP contribution < -0.4 is 5.32 Å². The summed E-state index contributed by atoms with van der Waals surface area (Å²) >= 11 is 0. The number of carbonyl (C=O) groups excluding carboxylic acids is 1. The largest absolute Gasteiger partial charge is 0.444 e. The van der Waals surface area contributed by atoms with Crippen LogP contribution >= 0.6 is 0 Å². The summed E-state index contributed by atoms with van der Waals surface area (Å²) in [5, 5.41) is 3.33. The molecule has 6 nitrogen and oxygen atoms in total. The molecule has 0 aliphatic carbocycles. The first-order chi connectivity index (χ1) is 8.44. The first-order valence-corrected chi connectivity index (χ1v) is 6.13. The van der Waals surface area contributed by atoms with Gasteiger partial charge in [0.25, 0.3) is 0 Å². The lowest BCUT2D eigenvalue weighted by molar-refractivity contribution is 0.00514. The van der Waals surface area contributed by atoms with Crippen molar-refractivity contribution in [2.24, 2.45) is 0 Å². The predicted molar refractivity (Wildman–Crippen MR) is 67.0 cm³/mol. The van der Waals surface area contributed by atoms with Crippen LogP contribution in [-0.4, -0.2) is 45.7 Å². The monoisotopic (exact) mass is 252 g/mol. The number of nitrogens with one attached hydrogen (secondary N) is 2. The molecule has 1 amide bonds. The Morgan fingerprint density at radius 1 is 1.61 bits per heavy atom. The van der Waals surface area contributed by atoms with Gasteiger partial charge in [-0.15, -0.1) is 0 Å². The average molecular weight is 252 g/mol. The highest BCUT2D eigenvalue weighted by Crippen LogP contribution is 2.15. The van der Waals surface area contributed by atoms with Crippen LogP contribution in [0.15, 0.2) is 12.4 Å². The molecule has 18 heavy (non-hydrogen) atoms. The number of hydrogen-bond donors (Lipinski definition) is 2. The maximum atomic E-state index is 11.7. The van der Waals surface area contributed by atoms with Crippen molar-refractivity contribution >= 4 is 6.09 Å². The Kier molecular flexibility index (Phi) is 3.56. The summed E-state index contributed by atoms with van der Waals surface area (Å²) in [6, 6.07) is 0.322. The third kappa shape index (κ3) is 3.46. The van der Waals surface area contributed by atoms with Gasteiger partial charge in [0.15, 0.2) is 0 Å². The van der Waals surface area contributed by atoms with Crippen molar-refractivity contribution in [2.45, 2.75) is 39.0 Å². The SMILES string of the molecule is CC(C)(C)OC(=O)N1CC(NCc2ncc[nH]2)C1. The fourth-order valence-corrected chi connectivity index (χ4v) is 1.72. The Balaban J connectivity index is 1.66. The molecule has 1 aliphatic rings. The molecule has 6 heteroatoms. The molecule has 0 bridgehead atoms. The van der Waals surface area contributed by atoms with Crippen LogP contribution in [0.4, 0.5) is 4.79 Å². The quantitative estimate of drug-likeness (QED) is 0.845. The second-order valence-electron chi connectivity index (χ2n) is 5.50. The molecule has 0 saturated carbocycles. The Morgan fingerprint density at radius 3 is 2.89 bits per heavy atom. The summed E-state index contributed by atoms with van der Waals surface area (Å²) in [6.45, 7) is 7.69. The fourth-order valence-electron chi connectivity index (χ4n) is 1.72. The molecule has 100 valence electrons. The zero-order valence-corrected chi connectivity index (χ0v) is 11.1. The smallest absolute Gasteiger partial charge is 0.410 e. The molecular formula is C12H20N4O2. The number of imidazole rings is 1. The van der Waals surface area contributed by atoms with Crippen molar-refractivity contribution in [1.82, 2.24) is 20.2 Å². The molecule has 0 aromatic carbocycles. The molecule has 0 spiro atoms. The van der Waals surface area contributed by atoms with Crippen LogP contribution in [0.3, 0.4) is 0 Å². The van der Waals surface area contributed by atoms with Crippen molar-refractivity contribution in [1.29, 1.82) is 0 Å². The second kappa shape index (κ2) is 4.97. The molecule has 1 aliphatic heterocycles. The Labute approximate surface area is 107 Å². The number of likely N-dealkylation sites (tertiary alicyclic amines) is 1. The van der Waals surface area contributed by atoms with Crippen molar-refractivity contribution in [3.63, 3.8) is 0 Å². The summed E-state index contributed by atoms with van der Waals surface area (Å²) in [4.78, 5) is 20.5. The van der Waals surface area contributed by atoms with Crippen LogP contribution in [0.5, 0.6) is 0 Å². The van der Waals surface area contributed by atoms with E-state index in [1.165, 1.54) is 0 Å². The number of nitrogens with zero attached hydrogens (tertiary/aromatic N) is 2. The minimum Gasteiger partial charge on any atom is -0.444 e. The Morgan fingerprint density at radius 2 is 2.33 bits per heavy atom. The van der Waals surface area contributed by atoms with Gasteiger partial charge in [-0.25, -0.2) is 9.78 Å². The molecule has 0 radical (unpaired) electrons. The van der Waals surface area contributed by atoms with E-state index < -0.39 is 5.60 Å². The molecule has 1 saturated heterocycles. The Bertz CT molecular complexity index is 391. The summed E-state index contributed by atoms with van der Waals surface area (Å²) in [7, 11) is 0. The number of hydrogen-bond acceptors (Lipinski definition) is 4. The van der Waals surface area contributed by atoms with Gasteiger partial charge in [-0.1, -0.05) is 0 Å². The molecule has 0 atom stereocenters. The minimum atomic E-state index is -0.427. The van der Waals surface area contributed by atoms with E-state index in [9.17, 15) is 4.79 Å². The zero-order valence-electron chi connectivity index (χ0n) is 11.1. The van der Waals surface area contributed by atoms with E-state index in [0.717, 1.165) is 5.82 Å². The van der Waals surface area contributed by atoms with Gasteiger partial charge in [-0.2, -0.15) is 0 Å². The van der Waals surface area contributed by atoms with Crippen molar-refractivity contribution in [3.8, 4) is 0 Å². The number of aromatic nitrogens is 2. The molecule has 1 aromatic heterocycles. The zero-order chi connectivity index (χ0) is 13.2. The fraction of sp³-hybridized carbons (Fsp3) is 0.667. The third-order valence-electron chi connectivity index (χ3n) is 2.65. The molecule has 2 N–H and O–H groups in total. The number of rotatable bonds is 3. The van der Waals surface area contributed by atoms with Crippen LogP contribution in [0.2, 0.25) is 0 Å². The lowest BCUT2D eigenvalue weighted by Gasteiger charge is -2.40. The maximum Gasteiger partial charge on any atom is 0.410 e. The van der Waals surface area contributed by atoms with Gasteiger partial charge in [0, 0.05) is 31.5 Å². The van der Waals surface area contributed by atoms with E-state index in [1.807, 2.05) is 20.8 Å². The van der Waals surface area contributed by atoms with Gasteiger partial charge in [0.05, 0.1) is 6.54 Å². The van der Waals surface area contributed by atoms with Crippen LogP contribution in [0, 0.1) is 0 Å². The highest BCUT2D eigenvalue weighted by atomic mass is 16.6. The number of H-pyrrole nitrogens is 1. The standard InChI is InChI=1S/C12H20N4O2/c1-12(2,3)18-11(17)16-7-9(8-16)15-6-10-13-4-5-14-10/h4-5,9,15H,6-8H2,1-3H3,(H,13,14). The van der Waals surface area contributed by atoms with E-state index in [1.54, 1.807) is 17.3 Å². The van der Waals surface area contributed by atoms with Crippen molar-refractivity contribution < 1.29 is 9.53 Å². The predicted octanol–water partition coefficient (Wildman–Crippen LogP) is 1.12. The second-order valence-corrected chi connectivity index (χ2v) is 5.50. The van der Waals surface area contributed by atoms with Crippen LogP contribution in [0.25, 0.3) is 0 Å². The molecule has 0 unspecified atom stereocenters. The van der Waals surface area contributed by atoms with Crippen molar-refractivity contribution in [2.75, 3.05) is 13.1 Å². The molecule has 1 aromatic rings. The lowest BCUT2D eigenvalue weighted by Crippen LogP contribution is -2.60. The van der Waals surface area contributed by atoms with Gasteiger partial charge >= 0.3 is 6.09 Å². The number of amides is 1. The molecular weight excluding hydrogens is 232 g/mol. The van der Waals surface area contributed by atoms with Crippen LogP contribution in [-0.2, 0) is 11.3 Å². The lowest BCUT2D eigenvalue weighted by atomic mass is 10.1. The van der Waals surface area contributed by atoms with Gasteiger partial charge in [0.2, 0.25) is 0 Å². The summed E-state index contributed by atoms with van der Waals surface area (Å²) in [5.74, 6) is 0.908. The van der Waals surface area contributed by atoms with Crippen LogP contribution in [0.1, 0.15) is 26.6 Å². The summed E-state index contributed by atoms with van der Waals surface area (Å²) < 4.78 is 5.28. The highest BCUT2D eigenvalue weighted by molar-refractivity contribution is 5.69. The normalized spacial score (nSPS) is 16.5. The van der Waals surface area contributed by atoms with Gasteiger partial charge in [0.1, 0.15) is 11.4 Å². The minimum absolute atomic E-state index is 0.237. The first kappa shape index (κ1) is 12.9. The van der Waals surface area contributed by atoms with Gasteiger partial charge < -0.3 is 19.9 Å². The first-order valence-electron chi connectivity index (χ1n) is 6.13. The van der Waals surface area contributed by atoms with E-state index in [2.05, 4.69) is 15.3 Å². The third-order valence-corrected chi connectivity index (χ3v) is 2.65. The van der Waals surface area contributed by atoms with Crippen molar-refractivity contribution in [3.05, 3.63) is 18.2 Å². The van der Waals surface area contributed by atoms with E-state index in [-0.39, 0.29) is 6.09 Å². The highest BCUT2D eigenvalue weighted by Gasteiger charge is 2.33. The summed E-state index contributed by atoms with van der Waals surface area (Å²) in [6.07, 6.45) is 3.29. The van der Waals surface area contributed by atoms with Gasteiger partial charge in [-0.05, 0) is 20.8 Å². The van der Waals surface area contributed by atoms with Gasteiger partial charge in [-0.3, -0.25) is 0 Å². The number of aromatic amines is 1. The number of carbonyl (C=O) groups is 1. The molecule has 2 rings (SSSR count). The van der Waals surface area contributed by atoms with E-state index in [4.69, 9.17) is 4.74 Å². The average Bonchev–Trinajstić information content (AvgIpc) is 2.64. The Hall–Kier alpha value is -1.56. The molecule has 1 fully saturated rings. The summed E-state index contributed by atoms with van der Waals surface area (Å²) in [5.41, 5.74) is -0.427. The topological polar surface area (TPSA) is 70.2 Å². The van der Waals surface area contributed by atoms with E-state index >= 15 is 0 Å². The van der Waals surface area contributed by atoms with E-state index in [0.29, 0.717) is 25.7 Å².